The molecule has 0 fully saturated rings. The standard InChI is InChI=1S/C13H20NO3P/c1-3-16-18(15,17-4-2)11-10-13(14)12-8-6-5-7-9-12/h5-11,13H,3-4,14H2,1-2H3/b11-10+. The van der Waals surface area contributed by atoms with Crippen LogP contribution in [0.4, 0.5) is 0 Å². The summed E-state index contributed by atoms with van der Waals surface area (Å²) in [6, 6.07) is 9.26. The van der Waals surface area contributed by atoms with E-state index in [1.807, 2.05) is 30.3 Å². The van der Waals surface area contributed by atoms with Crippen molar-refractivity contribution in [2.75, 3.05) is 13.2 Å². The lowest BCUT2D eigenvalue weighted by molar-refractivity contribution is 0.229. The monoisotopic (exact) mass is 269 g/mol. The highest BCUT2D eigenvalue weighted by atomic mass is 31.2. The van der Waals surface area contributed by atoms with E-state index >= 15 is 0 Å². The predicted molar refractivity (Wildman–Crippen MR) is 73.4 cm³/mol. The van der Waals surface area contributed by atoms with Gasteiger partial charge in [0.2, 0.25) is 0 Å². The summed E-state index contributed by atoms with van der Waals surface area (Å²) in [4.78, 5) is 0. The Balaban J connectivity index is 2.75. The molecule has 100 valence electrons. The van der Waals surface area contributed by atoms with Crippen molar-refractivity contribution in [1.82, 2.24) is 0 Å². The Hall–Kier alpha value is -0.930. The molecule has 2 N–H and O–H groups in total. The maximum atomic E-state index is 12.2. The van der Waals surface area contributed by atoms with E-state index in [1.54, 1.807) is 19.9 Å². The molecule has 1 aromatic rings. The van der Waals surface area contributed by atoms with Crippen LogP contribution in [0.3, 0.4) is 0 Å². The number of hydrogen-bond acceptors (Lipinski definition) is 4. The van der Waals surface area contributed by atoms with Crippen LogP contribution in [0.25, 0.3) is 0 Å². The van der Waals surface area contributed by atoms with E-state index in [-0.39, 0.29) is 6.04 Å². The molecule has 0 spiro atoms. The maximum absolute atomic E-state index is 12.2. The summed E-state index contributed by atoms with van der Waals surface area (Å²) in [6.45, 7) is 4.22. The van der Waals surface area contributed by atoms with Crippen molar-refractivity contribution in [3.05, 3.63) is 47.8 Å². The maximum Gasteiger partial charge on any atom is 0.353 e. The zero-order valence-corrected chi connectivity index (χ0v) is 11.7. The molecule has 5 heteroatoms. The van der Waals surface area contributed by atoms with Crippen LogP contribution in [-0.2, 0) is 13.6 Å². The van der Waals surface area contributed by atoms with Gasteiger partial charge in [0.1, 0.15) is 0 Å². The summed E-state index contributed by atoms with van der Waals surface area (Å²) in [5, 5.41) is 0. The van der Waals surface area contributed by atoms with Gasteiger partial charge in [-0.25, -0.2) is 0 Å². The van der Waals surface area contributed by atoms with Crippen molar-refractivity contribution in [2.45, 2.75) is 19.9 Å². The topological polar surface area (TPSA) is 61.5 Å². The van der Waals surface area contributed by atoms with E-state index in [0.29, 0.717) is 13.2 Å². The molecule has 0 bridgehead atoms. The molecular weight excluding hydrogens is 249 g/mol. The summed E-state index contributed by atoms with van der Waals surface area (Å²) in [5.41, 5.74) is 6.93. The van der Waals surface area contributed by atoms with Crippen LogP contribution in [0, 0.1) is 0 Å². The lowest BCUT2D eigenvalue weighted by Gasteiger charge is -2.14. The molecule has 1 rings (SSSR count). The first-order valence-electron chi connectivity index (χ1n) is 6.00. The van der Waals surface area contributed by atoms with Crippen molar-refractivity contribution >= 4 is 7.60 Å². The second-order valence-electron chi connectivity index (χ2n) is 3.65. The Labute approximate surface area is 108 Å². The van der Waals surface area contributed by atoms with Crippen LogP contribution in [0.2, 0.25) is 0 Å². The largest absolute Gasteiger partial charge is 0.353 e. The molecule has 4 nitrogen and oxygen atoms in total. The molecule has 18 heavy (non-hydrogen) atoms. The van der Waals surface area contributed by atoms with Gasteiger partial charge < -0.3 is 14.8 Å². The van der Waals surface area contributed by atoms with Crippen molar-refractivity contribution in [2.24, 2.45) is 5.73 Å². The fourth-order valence-corrected chi connectivity index (χ4v) is 2.83. The highest BCUT2D eigenvalue weighted by Gasteiger charge is 2.19. The average molecular weight is 269 g/mol. The quantitative estimate of drug-likeness (QED) is 0.770. The second-order valence-corrected chi connectivity index (χ2v) is 5.55. The molecule has 0 heterocycles. The highest BCUT2D eigenvalue weighted by molar-refractivity contribution is 7.57. The van der Waals surface area contributed by atoms with Gasteiger partial charge in [0.05, 0.1) is 13.2 Å². The van der Waals surface area contributed by atoms with Crippen molar-refractivity contribution in [3.63, 3.8) is 0 Å². The van der Waals surface area contributed by atoms with Crippen LogP contribution < -0.4 is 5.73 Å². The van der Waals surface area contributed by atoms with Crippen LogP contribution in [0.1, 0.15) is 25.5 Å². The smallest absolute Gasteiger partial charge is 0.321 e. The Morgan fingerprint density at radius 2 is 1.78 bits per heavy atom. The molecule has 1 atom stereocenters. The van der Waals surface area contributed by atoms with E-state index in [2.05, 4.69) is 0 Å². The van der Waals surface area contributed by atoms with Gasteiger partial charge in [0.25, 0.3) is 0 Å². The first-order chi connectivity index (χ1) is 8.61. The normalized spacial score (nSPS) is 13.9. The summed E-state index contributed by atoms with van der Waals surface area (Å²) in [6.07, 6.45) is 1.65. The Morgan fingerprint density at radius 3 is 2.28 bits per heavy atom. The van der Waals surface area contributed by atoms with E-state index in [9.17, 15) is 4.57 Å². The summed E-state index contributed by atoms with van der Waals surface area (Å²) >= 11 is 0. The molecule has 0 radical (unpaired) electrons. The summed E-state index contributed by atoms with van der Waals surface area (Å²) in [7, 11) is -3.15. The minimum atomic E-state index is -3.15. The van der Waals surface area contributed by atoms with Gasteiger partial charge in [-0.3, -0.25) is 4.57 Å². The lowest BCUT2D eigenvalue weighted by atomic mass is 10.1. The molecule has 0 amide bonds. The minimum absolute atomic E-state index is 0.319. The van der Waals surface area contributed by atoms with Gasteiger partial charge in [-0.15, -0.1) is 0 Å². The van der Waals surface area contributed by atoms with Crippen LogP contribution >= 0.6 is 7.60 Å². The lowest BCUT2D eigenvalue weighted by Crippen LogP contribution is -2.06. The molecular formula is C13H20NO3P. The molecule has 0 saturated heterocycles. The Kier molecular flexibility index (Phi) is 6.30. The third-order valence-corrected chi connectivity index (χ3v) is 4.05. The van der Waals surface area contributed by atoms with Crippen molar-refractivity contribution < 1.29 is 13.6 Å². The zero-order valence-electron chi connectivity index (χ0n) is 10.8. The van der Waals surface area contributed by atoms with E-state index in [4.69, 9.17) is 14.8 Å². The fraction of sp³-hybridized carbons (Fsp3) is 0.385. The van der Waals surface area contributed by atoms with E-state index in [0.717, 1.165) is 5.56 Å². The molecule has 0 aliphatic rings. The second kappa shape index (κ2) is 7.49. The number of nitrogens with two attached hydrogens (primary N) is 1. The molecule has 0 aliphatic carbocycles. The van der Waals surface area contributed by atoms with Gasteiger partial charge in [-0.1, -0.05) is 36.4 Å². The first-order valence-corrected chi connectivity index (χ1v) is 7.61. The Morgan fingerprint density at radius 1 is 1.22 bits per heavy atom. The van der Waals surface area contributed by atoms with Crippen molar-refractivity contribution in [3.8, 4) is 0 Å². The van der Waals surface area contributed by atoms with Gasteiger partial charge in [0.15, 0.2) is 0 Å². The molecule has 1 unspecified atom stereocenters. The average Bonchev–Trinajstić information content (AvgIpc) is 2.38. The van der Waals surface area contributed by atoms with Crippen molar-refractivity contribution in [1.29, 1.82) is 0 Å². The number of hydrogen-bond donors (Lipinski definition) is 1. The fourth-order valence-electron chi connectivity index (χ4n) is 1.47. The Bertz CT molecular complexity index is 410. The van der Waals surface area contributed by atoms with E-state index in [1.165, 1.54) is 5.82 Å². The highest BCUT2D eigenvalue weighted by Crippen LogP contribution is 2.49. The zero-order chi connectivity index (χ0) is 13.4. The number of rotatable bonds is 7. The summed E-state index contributed by atoms with van der Waals surface area (Å²) < 4.78 is 22.5. The van der Waals surface area contributed by atoms with Gasteiger partial charge >= 0.3 is 7.60 Å². The molecule has 0 aromatic heterocycles. The van der Waals surface area contributed by atoms with Gasteiger partial charge in [0, 0.05) is 11.9 Å². The van der Waals surface area contributed by atoms with Crippen LogP contribution in [-0.4, -0.2) is 13.2 Å². The van der Waals surface area contributed by atoms with Crippen LogP contribution in [0.5, 0.6) is 0 Å². The van der Waals surface area contributed by atoms with E-state index < -0.39 is 7.60 Å². The molecule has 0 saturated carbocycles. The molecule has 1 aromatic carbocycles. The summed E-state index contributed by atoms with van der Waals surface area (Å²) in [5.74, 6) is 1.44. The van der Waals surface area contributed by atoms with Gasteiger partial charge in [-0.05, 0) is 19.4 Å². The first kappa shape index (κ1) is 15.1. The van der Waals surface area contributed by atoms with Crippen LogP contribution in [0.15, 0.2) is 42.2 Å². The SMILES string of the molecule is CCOP(=O)(/C=C/C(N)c1ccccc1)OCC. The number of benzene rings is 1. The minimum Gasteiger partial charge on any atom is -0.321 e. The third-order valence-electron chi connectivity index (χ3n) is 2.28. The third kappa shape index (κ3) is 4.75. The van der Waals surface area contributed by atoms with Gasteiger partial charge in [-0.2, -0.15) is 0 Å². The molecule has 0 aliphatic heterocycles. The predicted octanol–water partition coefficient (Wildman–Crippen LogP) is 3.47.